The van der Waals surface area contributed by atoms with E-state index in [0.717, 1.165) is 11.1 Å². The number of nitrogens with one attached hydrogen (secondary N) is 1. The van der Waals surface area contributed by atoms with Gasteiger partial charge in [0, 0.05) is 6.61 Å². The second-order valence-corrected chi connectivity index (χ2v) is 5.96. The van der Waals surface area contributed by atoms with E-state index in [1.165, 1.54) is 38.2 Å². The van der Waals surface area contributed by atoms with E-state index in [1.54, 1.807) is 6.07 Å². The zero-order chi connectivity index (χ0) is 15.2. The first-order chi connectivity index (χ1) is 10.2. The predicted octanol–water partition coefficient (Wildman–Crippen LogP) is 3.62. The third-order valence-corrected chi connectivity index (χ3v) is 4.55. The van der Waals surface area contributed by atoms with Crippen LogP contribution in [0.5, 0.6) is 0 Å². The molecule has 1 aromatic rings. The van der Waals surface area contributed by atoms with E-state index < -0.39 is 0 Å². The molecule has 4 heteroatoms. The molecule has 1 saturated carbocycles. The standard InChI is InChI=1S/C17H27FN2O/c1-3-21-17(13-7-5-4-6-8-13)16(20-19)15-10-9-14(18)11-12(15)2/h9-11,13,16-17,20H,3-8,19H2,1-2H3. The summed E-state index contributed by atoms with van der Waals surface area (Å²) < 4.78 is 19.4. The molecule has 0 bridgehead atoms. The molecule has 0 aromatic heterocycles. The number of hydrogen-bond acceptors (Lipinski definition) is 3. The first-order valence-electron chi connectivity index (χ1n) is 8.01. The van der Waals surface area contributed by atoms with Crippen molar-refractivity contribution in [3.05, 3.63) is 35.1 Å². The Morgan fingerprint density at radius 1 is 1.33 bits per heavy atom. The average Bonchev–Trinajstić information content (AvgIpc) is 2.50. The lowest BCUT2D eigenvalue weighted by molar-refractivity contribution is -0.0185. The maximum atomic E-state index is 13.3. The number of hydrazine groups is 1. The van der Waals surface area contributed by atoms with Crippen molar-refractivity contribution >= 4 is 0 Å². The van der Waals surface area contributed by atoms with Gasteiger partial charge in [0.05, 0.1) is 12.1 Å². The molecule has 3 N–H and O–H groups in total. The van der Waals surface area contributed by atoms with E-state index in [9.17, 15) is 4.39 Å². The van der Waals surface area contributed by atoms with Crippen LogP contribution < -0.4 is 11.3 Å². The van der Waals surface area contributed by atoms with E-state index in [-0.39, 0.29) is 18.0 Å². The lowest BCUT2D eigenvalue weighted by Gasteiger charge is -2.36. The number of hydrogen-bond donors (Lipinski definition) is 2. The highest BCUT2D eigenvalue weighted by molar-refractivity contribution is 5.30. The summed E-state index contributed by atoms with van der Waals surface area (Å²) in [6, 6.07) is 4.79. The quantitative estimate of drug-likeness (QED) is 0.622. The SMILES string of the molecule is CCOC(C1CCCCC1)C(NN)c1ccc(F)cc1C. The highest BCUT2D eigenvalue weighted by Crippen LogP contribution is 2.35. The van der Waals surface area contributed by atoms with Crippen molar-refractivity contribution in [3.8, 4) is 0 Å². The molecule has 1 fully saturated rings. The molecule has 2 unspecified atom stereocenters. The van der Waals surface area contributed by atoms with E-state index in [1.807, 2.05) is 19.9 Å². The number of rotatable bonds is 6. The van der Waals surface area contributed by atoms with Gasteiger partial charge in [-0.1, -0.05) is 25.3 Å². The van der Waals surface area contributed by atoms with Crippen LogP contribution in [0.3, 0.4) is 0 Å². The van der Waals surface area contributed by atoms with Crippen molar-refractivity contribution in [2.45, 2.75) is 58.1 Å². The van der Waals surface area contributed by atoms with Crippen LogP contribution in [0.4, 0.5) is 4.39 Å². The van der Waals surface area contributed by atoms with Gasteiger partial charge >= 0.3 is 0 Å². The van der Waals surface area contributed by atoms with Gasteiger partial charge in [-0.2, -0.15) is 0 Å². The minimum Gasteiger partial charge on any atom is -0.376 e. The molecule has 0 radical (unpaired) electrons. The number of aryl methyl sites for hydroxylation is 1. The Morgan fingerprint density at radius 2 is 2.05 bits per heavy atom. The second kappa shape index (κ2) is 7.87. The smallest absolute Gasteiger partial charge is 0.123 e. The lowest BCUT2D eigenvalue weighted by Crippen LogP contribution is -2.43. The fraction of sp³-hybridized carbons (Fsp3) is 0.647. The molecule has 0 aliphatic heterocycles. The third-order valence-electron chi connectivity index (χ3n) is 4.55. The Labute approximate surface area is 127 Å². The molecule has 118 valence electrons. The molecule has 1 aromatic carbocycles. The fourth-order valence-electron chi connectivity index (χ4n) is 3.51. The highest BCUT2D eigenvalue weighted by Gasteiger charge is 2.32. The van der Waals surface area contributed by atoms with Crippen LogP contribution in [0, 0.1) is 18.7 Å². The van der Waals surface area contributed by atoms with Crippen LogP contribution in [0.2, 0.25) is 0 Å². The Hall–Kier alpha value is -0.970. The van der Waals surface area contributed by atoms with Crippen molar-refractivity contribution < 1.29 is 9.13 Å². The van der Waals surface area contributed by atoms with Crippen molar-refractivity contribution in [1.29, 1.82) is 0 Å². The summed E-state index contributed by atoms with van der Waals surface area (Å²) in [5.74, 6) is 6.13. The summed E-state index contributed by atoms with van der Waals surface area (Å²) in [6.07, 6.45) is 6.24. The molecule has 0 heterocycles. The molecule has 0 spiro atoms. The van der Waals surface area contributed by atoms with E-state index in [2.05, 4.69) is 5.43 Å². The third kappa shape index (κ3) is 4.02. The Morgan fingerprint density at radius 3 is 2.62 bits per heavy atom. The van der Waals surface area contributed by atoms with E-state index >= 15 is 0 Å². The molecule has 21 heavy (non-hydrogen) atoms. The van der Waals surface area contributed by atoms with Gasteiger partial charge in [-0.25, -0.2) is 4.39 Å². The van der Waals surface area contributed by atoms with Gasteiger partial charge in [-0.3, -0.25) is 11.3 Å². The molecule has 0 amide bonds. The van der Waals surface area contributed by atoms with Crippen molar-refractivity contribution in [3.63, 3.8) is 0 Å². The summed E-state index contributed by atoms with van der Waals surface area (Å²) in [5.41, 5.74) is 4.86. The number of nitrogens with two attached hydrogens (primary N) is 1. The predicted molar refractivity (Wildman–Crippen MR) is 83.2 cm³/mol. The first kappa shape index (κ1) is 16.4. The minimum atomic E-state index is -0.211. The van der Waals surface area contributed by atoms with Gasteiger partial charge < -0.3 is 4.74 Å². The van der Waals surface area contributed by atoms with Gasteiger partial charge in [-0.05, 0) is 55.9 Å². The monoisotopic (exact) mass is 294 g/mol. The van der Waals surface area contributed by atoms with Gasteiger partial charge in [-0.15, -0.1) is 0 Å². The molecule has 2 rings (SSSR count). The van der Waals surface area contributed by atoms with Crippen LogP contribution in [0.15, 0.2) is 18.2 Å². The molecule has 3 nitrogen and oxygen atoms in total. The molecular formula is C17H27FN2O. The summed E-state index contributed by atoms with van der Waals surface area (Å²) in [5, 5.41) is 0. The maximum absolute atomic E-state index is 13.3. The Kier molecular flexibility index (Phi) is 6.15. The van der Waals surface area contributed by atoms with Crippen molar-refractivity contribution in [2.75, 3.05) is 6.61 Å². The molecular weight excluding hydrogens is 267 g/mol. The first-order valence-corrected chi connectivity index (χ1v) is 8.01. The summed E-state index contributed by atoms with van der Waals surface area (Å²) in [6.45, 7) is 4.60. The normalized spacial score (nSPS) is 19.4. The summed E-state index contributed by atoms with van der Waals surface area (Å²) in [7, 11) is 0. The maximum Gasteiger partial charge on any atom is 0.123 e. The minimum absolute atomic E-state index is 0.0458. The topological polar surface area (TPSA) is 47.3 Å². The summed E-state index contributed by atoms with van der Waals surface area (Å²) in [4.78, 5) is 0. The van der Waals surface area contributed by atoms with Crippen LogP contribution in [-0.2, 0) is 4.74 Å². The zero-order valence-electron chi connectivity index (χ0n) is 13.1. The average molecular weight is 294 g/mol. The largest absolute Gasteiger partial charge is 0.376 e. The van der Waals surface area contributed by atoms with Crippen LogP contribution in [0.1, 0.15) is 56.2 Å². The van der Waals surface area contributed by atoms with Crippen LogP contribution in [0.25, 0.3) is 0 Å². The fourth-order valence-corrected chi connectivity index (χ4v) is 3.51. The zero-order valence-corrected chi connectivity index (χ0v) is 13.1. The lowest BCUT2D eigenvalue weighted by atomic mass is 9.80. The van der Waals surface area contributed by atoms with Crippen molar-refractivity contribution in [2.24, 2.45) is 11.8 Å². The number of benzene rings is 1. The van der Waals surface area contributed by atoms with Gasteiger partial charge in [0.15, 0.2) is 0 Å². The molecule has 0 saturated heterocycles. The molecule has 1 aliphatic rings. The number of halogens is 1. The van der Waals surface area contributed by atoms with Gasteiger partial charge in [0.2, 0.25) is 0 Å². The van der Waals surface area contributed by atoms with Gasteiger partial charge in [0.1, 0.15) is 5.82 Å². The highest BCUT2D eigenvalue weighted by atomic mass is 19.1. The summed E-state index contributed by atoms with van der Waals surface area (Å²) >= 11 is 0. The van der Waals surface area contributed by atoms with E-state index in [4.69, 9.17) is 10.6 Å². The molecule has 2 atom stereocenters. The van der Waals surface area contributed by atoms with Crippen LogP contribution >= 0.6 is 0 Å². The van der Waals surface area contributed by atoms with Gasteiger partial charge in [0.25, 0.3) is 0 Å². The molecule has 1 aliphatic carbocycles. The second-order valence-electron chi connectivity index (χ2n) is 5.96. The number of ether oxygens (including phenoxy) is 1. The van der Waals surface area contributed by atoms with Crippen molar-refractivity contribution in [1.82, 2.24) is 5.43 Å². The Bertz CT molecular complexity index is 446. The van der Waals surface area contributed by atoms with Crippen LogP contribution in [-0.4, -0.2) is 12.7 Å². The van der Waals surface area contributed by atoms with E-state index in [0.29, 0.717) is 12.5 Å². The Balaban J connectivity index is 2.25.